The van der Waals surface area contributed by atoms with Crippen LogP contribution in [-0.2, 0) is 9.84 Å². The second-order valence-electron chi connectivity index (χ2n) is 3.76. The van der Waals surface area contributed by atoms with E-state index in [4.69, 9.17) is 0 Å². The zero-order valence-corrected chi connectivity index (χ0v) is 10.4. The van der Waals surface area contributed by atoms with E-state index in [2.05, 4.69) is 11.9 Å². The van der Waals surface area contributed by atoms with E-state index < -0.39 is 9.84 Å². The highest BCUT2D eigenvalue weighted by Crippen LogP contribution is 2.15. The number of rotatable bonds is 5. The van der Waals surface area contributed by atoms with Crippen LogP contribution in [0.5, 0.6) is 0 Å². The van der Waals surface area contributed by atoms with Crippen molar-refractivity contribution in [3.63, 3.8) is 0 Å². The summed E-state index contributed by atoms with van der Waals surface area (Å²) < 4.78 is 22.5. The van der Waals surface area contributed by atoms with Gasteiger partial charge in [0.2, 0.25) is 0 Å². The smallest absolute Gasteiger partial charge is 0.175 e. The number of sulfone groups is 1. The lowest BCUT2D eigenvalue weighted by molar-refractivity contribution is 0.600. The molecule has 0 aliphatic carbocycles. The number of nitrogens with one attached hydrogen (secondary N) is 1. The van der Waals surface area contributed by atoms with Crippen molar-refractivity contribution in [3.05, 3.63) is 42.5 Å². The van der Waals surface area contributed by atoms with Crippen molar-refractivity contribution in [1.82, 2.24) is 5.32 Å². The second kappa shape index (κ2) is 5.27. The molecule has 0 radical (unpaired) electrons. The van der Waals surface area contributed by atoms with Gasteiger partial charge in [-0.2, -0.15) is 0 Å². The minimum Gasteiger partial charge on any atom is -0.307 e. The predicted molar refractivity (Wildman–Crippen MR) is 66.2 cm³/mol. The van der Waals surface area contributed by atoms with Crippen molar-refractivity contribution in [2.45, 2.75) is 17.9 Å². The maximum atomic E-state index is 11.3. The van der Waals surface area contributed by atoms with E-state index in [1.165, 1.54) is 6.26 Å². The molecule has 0 heterocycles. The zero-order valence-electron chi connectivity index (χ0n) is 9.60. The van der Waals surface area contributed by atoms with Gasteiger partial charge in [0.15, 0.2) is 9.84 Å². The van der Waals surface area contributed by atoms with Gasteiger partial charge in [-0.3, -0.25) is 0 Å². The van der Waals surface area contributed by atoms with Crippen LogP contribution in [0.4, 0.5) is 0 Å². The van der Waals surface area contributed by atoms with E-state index >= 15 is 0 Å². The molecule has 1 unspecified atom stereocenters. The summed E-state index contributed by atoms with van der Waals surface area (Å²) in [4.78, 5) is 0.354. The first-order chi connectivity index (χ1) is 7.45. The summed E-state index contributed by atoms with van der Waals surface area (Å²) in [5.41, 5.74) is 1.06. The lowest BCUT2D eigenvalue weighted by atomic mass is 10.1. The standard InChI is InChI=1S/C12H17NO2S/c1-4-9-13-10(2)11-5-7-12(8-6-11)16(3,14)15/h4-8,10,13H,1,9H2,2-3H3. The fraction of sp³-hybridized carbons (Fsp3) is 0.333. The highest BCUT2D eigenvalue weighted by molar-refractivity contribution is 7.90. The van der Waals surface area contributed by atoms with Gasteiger partial charge in [-0.1, -0.05) is 18.2 Å². The molecule has 4 heteroatoms. The van der Waals surface area contributed by atoms with Crippen LogP contribution in [0.3, 0.4) is 0 Å². The molecule has 0 aromatic heterocycles. The van der Waals surface area contributed by atoms with E-state index in [1.807, 2.05) is 19.1 Å². The van der Waals surface area contributed by atoms with Crippen molar-refractivity contribution in [3.8, 4) is 0 Å². The summed E-state index contributed by atoms with van der Waals surface area (Å²) in [5.74, 6) is 0. The third-order valence-electron chi connectivity index (χ3n) is 2.38. The zero-order chi connectivity index (χ0) is 12.2. The predicted octanol–water partition coefficient (Wildman–Crippen LogP) is 1.93. The lowest BCUT2D eigenvalue weighted by Gasteiger charge is -2.12. The molecule has 1 atom stereocenters. The molecule has 1 rings (SSSR count). The quantitative estimate of drug-likeness (QED) is 0.799. The van der Waals surface area contributed by atoms with Gasteiger partial charge in [0.05, 0.1) is 4.90 Å². The SMILES string of the molecule is C=CCNC(C)c1ccc(S(C)(=O)=O)cc1. The van der Waals surface area contributed by atoms with Crippen molar-refractivity contribution in [1.29, 1.82) is 0 Å². The van der Waals surface area contributed by atoms with Gasteiger partial charge < -0.3 is 5.32 Å². The molecule has 0 amide bonds. The van der Waals surface area contributed by atoms with Gasteiger partial charge in [0, 0.05) is 18.8 Å². The highest BCUT2D eigenvalue weighted by atomic mass is 32.2. The summed E-state index contributed by atoms with van der Waals surface area (Å²) in [7, 11) is -3.10. The molecule has 1 N–H and O–H groups in total. The van der Waals surface area contributed by atoms with Crippen LogP contribution in [0.2, 0.25) is 0 Å². The van der Waals surface area contributed by atoms with Crippen LogP contribution >= 0.6 is 0 Å². The highest BCUT2D eigenvalue weighted by Gasteiger charge is 2.08. The Kier molecular flexibility index (Phi) is 4.26. The Morgan fingerprint density at radius 1 is 1.38 bits per heavy atom. The second-order valence-corrected chi connectivity index (χ2v) is 5.78. The van der Waals surface area contributed by atoms with Crippen molar-refractivity contribution < 1.29 is 8.42 Å². The molecule has 1 aromatic rings. The van der Waals surface area contributed by atoms with Gasteiger partial charge in [0.1, 0.15) is 0 Å². The molecule has 0 bridgehead atoms. The Hall–Kier alpha value is -1.13. The Bertz CT molecular complexity index is 448. The Morgan fingerprint density at radius 3 is 2.38 bits per heavy atom. The third-order valence-corrected chi connectivity index (χ3v) is 3.51. The average molecular weight is 239 g/mol. The summed E-state index contributed by atoms with van der Waals surface area (Å²) in [6.07, 6.45) is 3.00. The third kappa shape index (κ3) is 3.47. The molecule has 0 saturated carbocycles. The molecule has 0 spiro atoms. The van der Waals surface area contributed by atoms with Crippen LogP contribution in [0, 0.1) is 0 Å². The number of hydrogen-bond donors (Lipinski definition) is 1. The average Bonchev–Trinajstić information content (AvgIpc) is 2.25. The molecule has 0 fully saturated rings. The first kappa shape index (κ1) is 12.9. The van der Waals surface area contributed by atoms with E-state index in [1.54, 1.807) is 18.2 Å². The van der Waals surface area contributed by atoms with Gasteiger partial charge in [-0.05, 0) is 24.6 Å². The van der Waals surface area contributed by atoms with Gasteiger partial charge >= 0.3 is 0 Å². The van der Waals surface area contributed by atoms with Crippen LogP contribution in [0.25, 0.3) is 0 Å². The van der Waals surface area contributed by atoms with Crippen molar-refractivity contribution in [2.24, 2.45) is 0 Å². The van der Waals surface area contributed by atoms with Gasteiger partial charge in [-0.15, -0.1) is 6.58 Å². The molecule has 0 aliphatic heterocycles. The van der Waals surface area contributed by atoms with E-state index in [-0.39, 0.29) is 6.04 Å². The summed E-state index contributed by atoms with van der Waals surface area (Å²) in [5, 5.41) is 3.24. The van der Waals surface area contributed by atoms with Crippen LogP contribution in [0.1, 0.15) is 18.5 Å². The summed E-state index contributed by atoms with van der Waals surface area (Å²) in [6, 6.07) is 7.12. The number of benzene rings is 1. The van der Waals surface area contributed by atoms with E-state index in [9.17, 15) is 8.42 Å². The maximum Gasteiger partial charge on any atom is 0.175 e. The topological polar surface area (TPSA) is 46.2 Å². The first-order valence-corrected chi connectivity index (χ1v) is 6.98. The van der Waals surface area contributed by atoms with Crippen LogP contribution in [0.15, 0.2) is 41.8 Å². The summed E-state index contributed by atoms with van der Waals surface area (Å²) in [6.45, 7) is 6.39. The minimum absolute atomic E-state index is 0.187. The molecule has 0 aliphatic rings. The molecule has 1 aromatic carbocycles. The molecule has 88 valence electrons. The normalized spacial score (nSPS) is 13.4. The molecular weight excluding hydrogens is 222 g/mol. The largest absolute Gasteiger partial charge is 0.307 e. The molecule has 0 saturated heterocycles. The van der Waals surface area contributed by atoms with Crippen LogP contribution in [-0.4, -0.2) is 21.2 Å². The fourth-order valence-corrected chi connectivity index (χ4v) is 2.01. The van der Waals surface area contributed by atoms with E-state index in [0.29, 0.717) is 4.90 Å². The minimum atomic E-state index is -3.10. The van der Waals surface area contributed by atoms with Gasteiger partial charge in [-0.25, -0.2) is 8.42 Å². The molecule has 3 nitrogen and oxygen atoms in total. The molecule has 16 heavy (non-hydrogen) atoms. The fourth-order valence-electron chi connectivity index (χ4n) is 1.38. The van der Waals surface area contributed by atoms with E-state index in [0.717, 1.165) is 12.1 Å². The van der Waals surface area contributed by atoms with Crippen molar-refractivity contribution in [2.75, 3.05) is 12.8 Å². The van der Waals surface area contributed by atoms with Crippen LogP contribution < -0.4 is 5.32 Å². The number of hydrogen-bond acceptors (Lipinski definition) is 3. The first-order valence-electron chi connectivity index (χ1n) is 5.09. The monoisotopic (exact) mass is 239 g/mol. The summed E-state index contributed by atoms with van der Waals surface area (Å²) >= 11 is 0. The molecular formula is C12H17NO2S. The Morgan fingerprint density at radius 2 is 1.94 bits per heavy atom. The Labute approximate surface area is 97.1 Å². The maximum absolute atomic E-state index is 11.3. The van der Waals surface area contributed by atoms with Gasteiger partial charge in [0.25, 0.3) is 0 Å². The lowest BCUT2D eigenvalue weighted by Crippen LogP contribution is -2.18. The Balaban J connectivity index is 2.82. The van der Waals surface area contributed by atoms with Crippen molar-refractivity contribution >= 4 is 9.84 Å².